The Morgan fingerprint density at radius 2 is 2.00 bits per heavy atom. The second-order valence-corrected chi connectivity index (χ2v) is 4.74. The van der Waals surface area contributed by atoms with E-state index in [4.69, 9.17) is 11.5 Å². The van der Waals surface area contributed by atoms with Crippen LogP contribution >= 0.6 is 0 Å². The van der Waals surface area contributed by atoms with Crippen molar-refractivity contribution in [3.05, 3.63) is 53.7 Å². The number of hydrogen-bond acceptors (Lipinski definition) is 3. The van der Waals surface area contributed by atoms with Gasteiger partial charge < -0.3 is 11.5 Å². The molecule has 5 nitrogen and oxygen atoms in total. The predicted molar refractivity (Wildman–Crippen MR) is 78.7 cm³/mol. The van der Waals surface area contributed by atoms with Crippen LogP contribution in [0.15, 0.2) is 42.6 Å². The monoisotopic (exact) mass is 266 g/mol. The lowest BCUT2D eigenvalue weighted by Crippen LogP contribution is -2.13. The topological polar surface area (TPSA) is 86.9 Å². The number of anilines is 1. The lowest BCUT2D eigenvalue weighted by molar-refractivity contribution is 0.0999. The molecule has 1 heterocycles. The molecule has 4 N–H and O–H groups in total. The maximum atomic E-state index is 11.3. The van der Waals surface area contributed by atoms with Gasteiger partial charge >= 0.3 is 0 Å². The van der Waals surface area contributed by atoms with E-state index in [1.165, 1.54) is 0 Å². The molecule has 0 radical (unpaired) electrons. The summed E-state index contributed by atoms with van der Waals surface area (Å²) in [6, 6.07) is 11.1. The third-order valence-electron chi connectivity index (χ3n) is 3.31. The smallest absolute Gasteiger partial charge is 0.248 e. The molecule has 3 aromatic rings. The van der Waals surface area contributed by atoms with Gasteiger partial charge in [-0.15, -0.1) is 0 Å². The minimum atomic E-state index is -0.427. The van der Waals surface area contributed by atoms with Gasteiger partial charge in [-0.05, 0) is 48.9 Å². The van der Waals surface area contributed by atoms with E-state index in [1.807, 2.05) is 37.3 Å². The van der Waals surface area contributed by atoms with Crippen molar-refractivity contribution in [1.29, 1.82) is 0 Å². The van der Waals surface area contributed by atoms with Crippen molar-refractivity contribution in [2.24, 2.45) is 5.73 Å². The number of fused-ring (bicyclic) bond motifs is 1. The highest BCUT2D eigenvalue weighted by Crippen LogP contribution is 2.22. The summed E-state index contributed by atoms with van der Waals surface area (Å²) in [5, 5.41) is 5.38. The van der Waals surface area contributed by atoms with Crippen molar-refractivity contribution >= 4 is 22.5 Å². The maximum Gasteiger partial charge on any atom is 0.248 e. The van der Waals surface area contributed by atoms with Crippen LogP contribution in [-0.2, 0) is 0 Å². The van der Waals surface area contributed by atoms with Crippen molar-refractivity contribution in [2.45, 2.75) is 6.92 Å². The number of carbonyl (C=O) groups excluding carboxylic acids is 1. The number of primary amides is 1. The Morgan fingerprint density at radius 1 is 1.20 bits per heavy atom. The van der Waals surface area contributed by atoms with Crippen LogP contribution in [0.25, 0.3) is 16.6 Å². The molecular formula is C15H14N4O. The molecular weight excluding hydrogens is 252 g/mol. The van der Waals surface area contributed by atoms with Crippen molar-refractivity contribution in [3.8, 4) is 5.69 Å². The molecule has 0 atom stereocenters. The summed E-state index contributed by atoms with van der Waals surface area (Å²) in [5.74, 6) is -0.427. The number of nitrogens with two attached hydrogens (primary N) is 2. The highest BCUT2D eigenvalue weighted by atomic mass is 16.1. The van der Waals surface area contributed by atoms with E-state index in [-0.39, 0.29) is 0 Å². The quantitative estimate of drug-likeness (QED) is 0.695. The standard InChI is InChI=1S/C15H14N4O/c1-9-6-12(4-5-13(9)15(17)20)19-14-7-11(16)3-2-10(14)8-18-19/h2-8H,16H2,1H3,(H2,17,20). The van der Waals surface area contributed by atoms with Crippen molar-refractivity contribution in [3.63, 3.8) is 0 Å². The van der Waals surface area contributed by atoms with Gasteiger partial charge in [0.15, 0.2) is 0 Å². The molecule has 5 heteroatoms. The normalized spacial score (nSPS) is 10.8. The average Bonchev–Trinajstić information content (AvgIpc) is 2.81. The molecule has 2 aromatic carbocycles. The van der Waals surface area contributed by atoms with E-state index < -0.39 is 5.91 Å². The number of carbonyl (C=O) groups is 1. The molecule has 0 fully saturated rings. The molecule has 0 spiro atoms. The van der Waals surface area contributed by atoms with Crippen molar-refractivity contribution < 1.29 is 4.79 Å². The zero-order chi connectivity index (χ0) is 14.3. The van der Waals surface area contributed by atoms with Gasteiger partial charge in [-0.1, -0.05) is 0 Å². The van der Waals surface area contributed by atoms with Crippen LogP contribution in [0.5, 0.6) is 0 Å². The van der Waals surface area contributed by atoms with Crippen LogP contribution in [0.4, 0.5) is 5.69 Å². The fourth-order valence-electron chi connectivity index (χ4n) is 2.30. The van der Waals surface area contributed by atoms with Gasteiger partial charge in [0.2, 0.25) is 5.91 Å². The van der Waals surface area contributed by atoms with Crippen LogP contribution in [0.3, 0.4) is 0 Å². The minimum absolute atomic E-state index is 0.427. The first kappa shape index (κ1) is 12.2. The van der Waals surface area contributed by atoms with E-state index in [0.717, 1.165) is 22.2 Å². The van der Waals surface area contributed by atoms with Crippen LogP contribution in [-0.4, -0.2) is 15.7 Å². The van der Waals surface area contributed by atoms with E-state index in [0.29, 0.717) is 11.3 Å². The first-order chi connectivity index (χ1) is 9.56. The van der Waals surface area contributed by atoms with Gasteiger partial charge in [-0.2, -0.15) is 5.10 Å². The first-order valence-electron chi connectivity index (χ1n) is 6.20. The predicted octanol–water partition coefficient (Wildman–Crippen LogP) is 2.02. The number of rotatable bonds is 2. The molecule has 0 unspecified atom stereocenters. The largest absolute Gasteiger partial charge is 0.399 e. The fraction of sp³-hybridized carbons (Fsp3) is 0.0667. The van der Waals surface area contributed by atoms with E-state index in [9.17, 15) is 4.79 Å². The van der Waals surface area contributed by atoms with Gasteiger partial charge in [0, 0.05) is 16.6 Å². The number of nitrogen functional groups attached to an aromatic ring is 1. The Hall–Kier alpha value is -2.82. The van der Waals surface area contributed by atoms with E-state index >= 15 is 0 Å². The second-order valence-electron chi connectivity index (χ2n) is 4.74. The molecule has 0 aliphatic heterocycles. The summed E-state index contributed by atoms with van der Waals surface area (Å²) >= 11 is 0. The second kappa shape index (κ2) is 4.38. The van der Waals surface area contributed by atoms with Gasteiger partial charge in [0.05, 0.1) is 17.4 Å². The number of hydrogen-bond donors (Lipinski definition) is 2. The minimum Gasteiger partial charge on any atom is -0.399 e. The summed E-state index contributed by atoms with van der Waals surface area (Å²) in [6.07, 6.45) is 1.78. The number of benzene rings is 2. The summed E-state index contributed by atoms with van der Waals surface area (Å²) < 4.78 is 1.80. The highest BCUT2D eigenvalue weighted by molar-refractivity contribution is 5.94. The number of aromatic nitrogens is 2. The highest BCUT2D eigenvalue weighted by Gasteiger charge is 2.09. The maximum absolute atomic E-state index is 11.3. The molecule has 1 aromatic heterocycles. The number of nitrogens with zero attached hydrogens (tertiary/aromatic N) is 2. The molecule has 20 heavy (non-hydrogen) atoms. The third-order valence-corrected chi connectivity index (χ3v) is 3.31. The first-order valence-corrected chi connectivity index (χ1v) is 6.20. The van der Waals surface area contributed by atoms with Gasteiger partial charge in [0.1, 0.15) is 0 Å². The lowest BCUT2D eigenvalue weighted by atomic mass is 10.1. The number of aryl methyl sites for hydroxylation is 1. The van der Waals surface area contributed by atoms with Crippen molar-refractivity contribution in [1.82, 2.24) is 9.78 Å². The Labute approximate surface area is 115 Å². The van der Waals surface area contributed by atoms with Crippen LogP contribution < -0.4 is 11.5 Å². The Bertz CT molecular complexity index is 820. The third kappa shape index (κ3) is 1.89. The average molecular weight is 266 g/mol. The van der Waals surface area contributed by atoms with Gasteiger partial charge in [-0.25, -0.2) is 4.68 Å². The zero-order valence-corrected chi connectivity index (χ0v) is 11.0. The molecule has 0 bridgehead atoms. The SMILES string of the molecule is Cc1cc(-n2ncc3ccc(N)cc32)ccc1C(N)=O. The lowest BCUT2D eigenvalue weighted by Gasteiger charge is -2.07. The molecule has 1 amide bonds. The Kier molecular flexibility index (Phi) is 2.68. The molecule has 0 aliphatic rings. The Morgan fingerprint density at radius 3 is 2.70 bits per heavy atom. The van der Waals surface area contributed by atoms with Gasteiger partial charge in [-0.3, -0.25) is 4.79 Å². The van der Waals surface area contributed by atoms with Crippen molar-refractivity contribution in [2.75, 3.05) is 5.73 Å². The van der Waals surface area contributed by atoms with E-state index in [2.05, 4.69) is 5.10 Å². The Balaban J connectivity index is 2.18. The molecule has 0 aliphatic carbocycles. The summed E-state index contributed by atoms with van der Waals surface area (Å²) in [4.78, 5) is 11.3. The molecule has 3 rings (SSSR count). The fourth-order valence-corrected chi connectivity index (χ4v) is 2.30. The summed E-state index contributed by atoms with van der Waals surface area (Å²) in [5.41, 5.74) is 15.0. The summed E-state index contributed by atoms with van der Waals surface area (Å²) in [6.45, 7) is 1.85. The molecule has 0 saturated heterocycles. The number of amides is 1. The van der Waals surface area contributed by atoms with Gasteiger partial charge in [0.25, 0.3) is 0 Å². The molecule has 0 saturated carbocycles. The van der Waals surface area contributed by atoms with E-state index in [1.54, 1.807) is 16.9 Å². The zero-order valence-electron chi connectivity index (χ0n) is 11.0. The summed E-state index contributed by atoms with van der Waals surface area (Å²) in [7, 11) is 0. The van der Waals surface area contributed by atoms with Crippen LogP contribution in [0.2, 0.25) is 0 Å². The van der Waals surface area contributed by atoms with Crippen LogP contribution in [0, 0.1) is 6.92 Å². The molecule has 100 valence electrons. The van der Waals surface area contributed by atoms with Crippen LogP contribution in [0.1, 0.15) is 15.9 Å².